The Morgan fingerprint density at radius 1 is 1.03 bits per heavy atom. The lowest BCUT2D eigenvalue weighted by Gasteiger charge is -2.23. The van der Waals surface area contributed by atoms with Crippen LogP contribution in [0.15, 0.2) is 59.4 Å². The van der Waals surface area contributed by atoms with Gasteiger partial charge in [-0.2, -0.15) is 0 Å². The molecule has 1 aliphatic rings. The highest BCUT2D eigenvalue weighted by molar-refractivity contribution is 5.89. The fourth-order valence-electron chi connectivity index (χ4n) is 4.54. The summed E-state index contributed by atoms with van der Waals surface area (Å²) in [5, 5.41) is 2.03. The number of fused-ring (bicyclic) bond motifs is 2. The van der Waals surface area contributed by atoms with E-state index in [4.69, 9.17) is 9.47 Å². The van der Waals surface area contributed by atoms with Gasteiger partial charge in [0.15, 0.2) is 0 Å². The second-order valence-electron chi connectivity index (χ2n) is 8.17. The van der Waals surface area contributed by atoms with Gasteiger partial charge in [0.05, 0.1) is 17.9 Å². The first kappa shape index (κ1) is 19.8. The maximum atomic E-state index is 12.6. The zero-order valence-corrected chi connectivity index (χ0v) is 17.7. The lowest BCUT2D eigenvalue weighted by atomic mass is 10.1. The summed E-state index contributed by atoms with van der Waals surface area (Å²) < 4.78 is 11.4. The SMILES string of the molecule is COC[C@@H]1CCCN1CCOc1ccc2[nH]c(-c3cc4ccccc4[nH]c3=O)cc2c1. The van der Waals surface area contributed by atoms with Gasteiger partial charge in [-0.05, 0) is 61.2 Å². The molecule has 4 aromatic rings. The fraction of sp³-hybridized carbons (Fsp3) is 0.320. The maximum Gasteiger partial charge on any atom is 0.257 e. The van der Waals surface area contributed by atoms with Crippen molar-refractivity contribution in [3.63, 3.8) is 0 Å². The number of para-hydroxylation sites is 1. The quantitative estimate of drug-likeness (QED) is 0.474. The van der Waals surface area contributed by atoms with Gasteiger partial charge in [-0.15, -0.1) is 0 Å². The van der Waals surface area contributed by atoms with Crippen molar-refractivity contribution >= 4 is 21.8 Å². The van der Waals surface area contributed by atoms with Crippen molar-refractivity contribution in [1.29, 1.82) is 0 Å². The lowest BCUT2D eigenvalue weighted by Crippen LogP contribution is -2.35. The van der Waals surface area contributed by atoms with Crippen LogP contribution >= 0.6 is 0 Å². The molecule has 0 bridgehead atoms. The summed E-state index contributed by atoms with van der Waals surface area (Å²) in [6, 6.07) is 18.3. The van der Waals surface area contributed by atoms with Crippen molar-refractivity contribution in [2.45, 2.75) is 18.9 Å². The van der Waals surface area contributed by atoms with Crippen LogP contribution in [0, 0.1) is 0 Å². The van der Waals surface area contributed by atoms with Crippen LogP contribution in [0.2, 0.25) is 0 Å². The van der Waals surface area contributed by atoms with Crippen LogP contribution in [-0.2, 0) is 4.74 Å². The van der Waals surface area contributed by atoms with Crippen molar-refractivity contribution in [1.82, 2.24) is 14.9 Å². The van der Waals surface area contributed by atoms with E-state index in [0.717, 1.165) is 52.9 Å². The van der Waals surface area contributed by atoms with E-state index in [2.05, 4.69) is 14.9 Å². The molecule has 6 nitrogen and oxygen atoms in total. The Labute approximate surface area is 180 Å². The minimum absolute atomic E-state index is 0.0991. The van der Waals surface area contributed by atoms with Crippen molar-refractivity contribution in [3.05, 3.63) is 65.0 Å². The highest BCUT2D eigenvalue weighted by atomic mass is 16.5. The number of rotatable bonds is 7. The average molecular weight is 418 g/mol. The van der Waals surface area contributed by atoms with Gasteiger partial charge in [0.1, 0.15) is 12.4 Å². The summed E-state index contributed by atoms with van der Waals surface area (Å²) >= 11 is 0. The Kier molecular flexibility index (Phi) is 5.49. The summed E-state index contributed by atoms with van der Waals surface area (Å²) in [5.74, 6) is 0.841. The molecule has 1 aliphatic heterocycles. The van der Waals surface area contributed by atoms with Crippen LogP contribution in [0.1, 0.15) is 12.8 Å². The molecular formula is C25H27N3O3. The van der Waals surface area contributed by atoms with Crippen molar-refractivity contribution in [2.24, 2.45) is 0 Å². The molecule has 5 rings (SSSR count). The van der Waals surface area contributed by atoms with E-state index in [1.54, 1.807) is 7.11 Å². The molecule has 6 heteroatoms. The Hall–Kier alpha value is -3.09. The summed E-state index contributed by atoms with van der Waals surface area (Å²) in [5.41, 5.74) is 3.16. The van der Waals surface area contributed by atoms with Crippen molar-refractivity contribution < 1.29 is 9.47 Å². The molecule has 1 atom stereocenters. The van der Waals surface area contributed by atoms with Gasteiger partial charge in [0.25, 0.3) is 5.56 Å². The Morgan fingerprint density at radius 3 is 2.81 bits per heavy atom. The molecule has 2 N–H and O–H groups in total. The first-order valence-corrected chi connectivity index (χ1v) is 10.8. The van der Waals surface area contributed by atoms with Gasteiger partial charge in [0.2, 0.25) is 0 Å². The fourth-order valence-corrected chi connectivity index (χ4v) is 4.54. The standard InChI is InChI=1S/C25H27N3O3/c1-30-16-19-6-4-10-28(19)11-12-31-20-8-9-23-18(13-20)15-24(26-23)21-14-17-5-2-3-7-22(17)27-25(21)29/h2-3,5,7-9,13-15,19,26H,4,6,10-12,16H2,1H3,(H,27,29)/t19-/m0/s1. The number of aromatic nitrogens is 2. The normalized spacial score (nSPS) is 17.0. The summed E-state index contributed by atoms with van der Waals surface area (Å²) in [4.78, 5) is 21.4. The first-order valence-electron chi connectivity index (χ1n) is 10.8. The number of pyridine rings is 1. The number of H-pyrrole nitrogens is 2. The molecule has 0 radical (unpaired) electrons. The van der Waals surface area contributed by atoms with Gasteiger partial charge in [-0.25, -0.2) is 0 Å². The molecule has 0 amide bonds. The summed E-state index contributed by atoms with van der Waals surface area (Å²) in [6.07, 6.45) is 2.42. The molecule has 3 heterocycles. The largest absolute Gasteiger partial charge is 0.492 e. The Balaban J connectivity index is 1.32. The average Bonchev–Trinajstić information content (AvgIpc) is 3.40. The van der Waals surface area contributed by atoms with Crippen LogP contribution in [0.4, 0.5) is 0 Å². The van der Waals surface area contributed by atoms with E-state index in [1.165, 1.54) is 12.8 Å². The first-order chi connectivity index (χ1) is 15.2. The predicted octanol–water partition coefficient (Wildman–Crippen LogP) is 4.17. The summed E-state index contributed by atoms with van der Waals surface area (Å²) in [6.45, 7) is 3.44. The minimum atomic E-state index is -0.0991. The molecule has 0 unspecified atom stereocenters. The molecule has 2 aromatic heterocycles. The smallest absolute Gasteiger partial charge is 0.257 e. The van der Waals surface area contributed by atoms with Crippen molar-refractivity contribution in [3.8, 4) is 17.0 Å². The molecule has 1 fully saturated rings. The third kappa shape index (κ3) is 4.09. The minimum Gasteiger partial charge on any atom is -0.492 e. The highest BCUT2D eigenvalue weighted by Gasteiger charge is 2.23. The molecule has 0 aliphatic carbocycles. The number of benzene rings is 2. The Bertz CT molecular complexity index is 1260. The van der Waals surface area contributed by atoms with E-state index >= 15 is 0 Å². The number of nitrogens with zero attached hydrogens (tertiary/aromatic N) is 1. The molecule has 31 heavy (non-hydrogen) atoms. The summed E-state index contributed by atoms with van der Waals surface area (Å²) in [7, 11) is 1.76. The molecule has 0 spiro atoms. The number of nitrogens with one attached hydrogen (secondary N) is 2. The predicted molar refractivity (Wildman–Crippen MR) is 124 cm³/mol. The zero-order chi connectivity index (χ0) is 21.2. The second kappa shape index (κ2) is 8.57. The van der Waals surface area contributed by atoms with E-state index in [1.807, 2.05) is 54.6 Å². The molecule has 1 saturated heterocycles. The highest BCUT2D eigenvalue weighted by Crippen LogP contribution is 2.27. The van der Waals surface area contributed by atoms with E-state index in [-0.39, 0.29) is 5.56 Å². The maximum absolute atomic E-state index is 12.6. The monoisotopic (exact) mass is 417 g/mol. The van der Waals surface area contributed by atoms with Crippen LogP contribution in [0.3, 0.4) is 0 Å². The topological polar surface area (TPSA) is 70.3 Å². The van der Waals surface area contributed by atoms with E-state index < -0.39 is 0 Å². The number of ether oxygens (including phenoxy) is 2. The second-order valence-corrected chi connectivity index (χ2v) is 8.17. The number of aromatic amines is 2. The molecule has 160 valence electrons. The number of likely N-dealkylation sites (tertiary alicyclic amines) is 1. The third-order valence-electron chi connectivity index (χ3n) is 6.14. The van der Waals surface area contributed by atoms with Gasteiger partial charge in [-0.1, -0.05) is 18.2 Å². The molecule has 2 aromatic carbocycles. The third-order valence-corrected chi connectivity index (χ3v) is 6.14. The molecule has 0 saturated carbocycles. The van der Waals surface area contributed by atoms with Gasteiger partial charge in [-0.3, -0.25) is 9.69 Å². The van der Waals surface area contributed by atoms with E-state index in [9.17, 15) is 4.79 Å². The van der Waals surface area contributed by atoms with Crippen LogP contribution in [0.5, 0.6) is 5.75 Å². The van der Waals surface area contributed by atoms with Crippen LogP contribution < -0.4 is 10.3 Å². The Morgan fingerprint density at radius 2 is 1.90 bits per heavy atom. The zero-order valence-electron chi connectivity index (χ0n) is 17.7. The lowest BCUT2D eigenvalue weighted by molar-refractivity contribution is 0.105. The van der Waals surface area contributed by atoms with Gasteiger partial charge < -0.3 is 19.4 Å². The number of hydrogen-bond acceptors (Lipinski definition) is 4. The van der Waals surface area contributed by atoms with Gasteiger partial charge >= 0.3 is 0 Å². The molecular weight excluding hydrogens is 390 g/mol. The van der Waals surface area contributed by atoms with Crippen LogP contribution in [0.25, 0.3) is 33.1 Å². The van der Waals surface area contributed by atoms with Gasteiger partial charge in [0, 0.05) is 36.1 Å². The van der Waals surface area contributed by atoms with Crippen molar-refractivity contribution in [2.75, 3.05) is 33.4 Å². The van der Waals surface area contributed by atoms with Crippen LogP contribution in [-0.4, -0.2) is 54.3 Å². The number of hydrogen-bond donors (Lipinski definition) is 2. The number of methoxy groups -OCH3 is 1. The van der Waals surface area contributed by atoms with E-state index in [0.29, 0.717) is 18.2 Å².